The highest BCUT2D eigenvalue weighted by Crippen LogP contribution is 2.24. The molecule has 7 nitrogen and oxygen atoms in total. The number of benzene rings is 2. The molecular weight excluding hydrogens is 474 g/mol. The fourth-order valence-electron chi connectivity index (χ4n) is 3.59. The summed E-state index contributed by atoms with van der Waals surface area (Å²) in [5, 5.41) is 3.36. The normalized spacial score (nSPS) is 12.3. The predicted molar refractivity (Wildman–Crippen MR) is 137 cm³/mol. The number of hydrogen-bond donors (Lipinski definition) is 1. The Hall–Kier alpha value is -2.58. The first-order valence-electron chi connectivity index (χ1n) is 11.3. The molecule has 0 saturated heterocycles. The van der Waals surface area contributed by atoms with E-state index in [-0.39, 0.29) is 18.4 Å². The summed E-state index contributed by atoms with van der Waals surface area (Å²) in [7, 11) is -3.76. The van der Waals surface area contributed by atoms with Gasteiger partial charge in [-0.15, -0.1) is 0 Å². The molecule has 2 amide bonds. The van der Waals surface area contributed by atoms with Crippen LogP contribution < -0.4 is 9.62 Å². The number of sulfonamides is 1. The lowest BCUT2D eigenvalue weighted by atomic mass is 10.1. The largest absolute Gasteiger partial charge is 0.354 e. The van der Waals surface area contributed by atoms with E-state index in [2.05, 4.69) is 5.32 Å². The Morgan fingerprint density at radius 2 is 1.68 bits per heavy atom. The maximum atomic E-state index is 13.6. The maximum absolute atomic E-state index is 13.6. The SMILES string of the molecule is CC[C@@H](C(=O)NCC(C)C)N(Cc1ccccc1Cl)C(=O)CN(c1ccccc1C)S(C)(=O)=O. The molecule has 0 aromatic heterocycles. The predicted octanol–water partition coefficient (Wildman–Crippen LogP) is 3.99. The van der Waals surface area contributed by atoms with E-state index in [1.807, 2.05) is 20.8 Å². The van der Waals surface area contributed by atoms with Gasteiger partial charge in [0.25, 0.3) is 0 Å². The topological polar surface area (TPSA) is 86.8 Å². The fourth-order valence-corrected chi connectivity index (χ4v) is 4.69. The lowest BCUT2D eigenvalue weighted by Gasteiger charge is -2.33. The number of carbonyl (C=O) groups is 2. The molecule has 0 unspecified atom stereocenters. The van der Waals surface area contributed by atoms with Crippen LogP contribution in [0.4, 0.5) is 5.69 Å². The lowest BCUT2D eigenvalue weighted by Crippen LogP contribution is -2.52. The van der Waals surface area contributed by atoms with Crippen LogP contribution in [0.3, 0.4) is 0 Å². The van der Waals surface area contributed by atoms with E-state index < -0.39 is 28.5 Å². The van der Waals surface area contributed by atoms with Gasteiger partial charge in [0.1, 0.15) is 12.6 Å². The van der Waals surface area contributed by atoms with E-state index in [0.29, 0.717) is 29.2 Å². The van der Waals surface area contributed by atoms with E-state index in [4.69, 9.17) is 11.6 Å². The van der Waals surface area contributed by atoms with Gasteiger partial charge < -0.3 is 10.2 Å². The smallest absolute Gasteiger partial charge is 0.244 e. The minimum atomic E-state index is -3.76. The molecule has 186 valence electrons. The van der Waals surface area contributed by atoms with Crippen molar-refractivity contribution < 1.29 is 18.0 Å². The monoisotopic (exact) mass is 507 g/mol. The summed E-state index contributed by atoms with van der Waals surface area (Å²) in [4.78, 5) is 28.1. The Balaban J connectivity index is 2.45. The summed E-state index contributed by atoms with van der Waals surface area (Å²) in [6.45, 7) is 7.71. The number of rotatable bonds is 11. The molecule has 0 aliphatic carbocycles. The number of nitrogens with one attached hydrogen (secondary N) is 1. The van der Waals surface area contributed by atoms with Crippen LogP contribution in [0.2, 0.25) is 5.02 Å². The van der Waals surface area contributed by atoms with Crippen molar-refractivity contribution in [2.24, 2.45) is 5.92 Å². The Labute approximate surface area is 208 Å². The first-order valence-corrected chi connectivity index (χ1v) is 13.5. The third-order valence-corrected chi connectivity index (χ3v) is 6.93. The van der Waals surface area contributed by atoms with Crippen molar-refractivity contribution in [3.8, 4) is 0 Å². The second kappa shape index (κ2) is 12.2. The molecule has 0 aliphatic heterocycles. The molecule has 34 heavy (non-hydrogen) atoms. The fraction of sp³-hybridized carbons (Fsp3) is 0.440. The highest BCUT2D eigenvalue weighted by Gasteiger charge is 2.32. The zero-order valence-electron chi connectivity index (χ0n) is 20.4. The molecular formula is C25H34ClN3O4S. The minimum absolute atomic E-state index is 0.0808. The van der Waals surface area contributed by atoms with E-state index in [0.717, 1.165) is 16.1 Å². The van der Waals surface area contributed by atoms with Crippen LogP contribution in [-0.2, 0) is 26.2 Å². The van der Waals surface area contributed by atoms with Crippen LogP contribution in [0, 0.1) is 12.8 Å². The first kappa shape index (κ1) is 27.7. The van der Waals surface area contributed by atoms with Gasteiger partial charge in [0.2, 0.25) is 21.8 Å². The molecule has 1 N–H and O–H groups in total. The third kappa shape index (κ3) is 7.46. The molecule has 0 fully saturated rings. The number of halogens is 1. The second-order valence-corrected chi connectivity index (χ2v) is 11.0. The average Bonchev–Trinajstić information content (AvgIpc) is 2.76. The number of amides is 2. The molecule has 0 spiro atoms. The standard InChI is InChI=1S/C25H34ClN3O4S/c1-6-22(25(31)27-15-18(2)3)28(16-20-12-8-9-13-21(20)26)24(30)17-29(34(5,32)33)23-14-10-7-11-19(23)4/h7-14,18,22H,6,15-17H2,1-5H3,(H,27,31)/t22-/m0/s1. The molecule has 0 heterocycles. The van der Waals surface area contributed by atoms with Gasteiger partial charge in [-0.2, -0.15) is 0 Å². The zero-order valence-corrected chi connectivity index (χ0v) is 22.0. The van der Waals surface area contributed by atoms with Gasteiger partial charge in [0.05, 0.1) is 11.9 Å². The number of para-hydroxylation sites is 1. The zero-order chi connectivity index (χ0) is 25.5. The number of hydrogen-bond acceptors (Lipinski definition) is 4. The van der Waals surface area contributed by atoms with Gasteiger partial charge in [-0.3, -0.25) is 13.9 Å². The summed E-state index contributed by atoms with van der Waals surface area (Å²) < 4.78 is 26.4. The van der Waals surface area contributed by atoms with Gasteiger partial charge in [0.15, 0.2) is 0 Å². The summed E-state index contributed by atoms with van der Waals surface area (Å²) in [5.41, 5.74) is 1.82. The highest BCUT2D eigenvalue weighted by atomic mass is 35.5. The molecule has 0 bridgehead atoms. The maximum Gasteiger partial charge on any atom is 0.244 e. The van der Waals surface area contributed by atoms with E-state index in [9.17, 15) is 18.0 Å². The van der Waals surface area contributed by atoms with Gasteiger partial charge in [-0.05, 0) is 42.5 Å². The van der Waals surface area contributed by atoms with Gasteiger partial charge in [-0.25, -0.2) is 8.42 Å². The van der Waals surface area contributed by atoms with E-state index in [1.165, 1.54) is 4.90 Å². The van der Waals surface area contributed by atoms with Crippen molar-refractivity contribution in [3.63, 3.8) is 0 Å². The molecule has 2 aromatic carbocycles. The summed E-state index contributed by atoms with van der Waals surface area (Å²) in [6.07, 6.45) is 1.43. The van der Waals surface area contributed by atoms with Crippen molar-refractivity contribution in [2.75, 3.05) is 23.7 Å². The van der Waals surface area contributed by atoms with Crippen LogP contribution in [0.15, 0.2) is 48.5 Å². The van der Waals surface area contributed by atoms with Gasteiger partial charge in [0, 0.05) is 18.1 Å². The Bertz CT molecular complexity index is 1100. The van der Waals surface area contributed by atoms with Crippen molar-refractivity contribution in [3.05, 3.63) is 64.7 Å². The second-order valence-electron chi connectivity index (χ2n) is 8.73. The Morgan fingerprint density at radius 3 is 2.24 bits per heavy atom. The van der Waals surface area contributed by atoms with Crippen molar-refractivity contribution in [1.29, 1.82) is 0 Å². The quantitative estimate of drug-likeness (QED) is 0.498. The molecule has 2 rings (SSSR count). The molecule has 1 atom stereocenters. The Kier molecular flexibility index (Phi) is 9.94. The minimum Gasteiger partial charge on any atom is -0.354 e. The van der Waals surface area contributed by atoms with Crippen LogP contribution in [0.5, 0.6) is 0 Å². The van der Waals surface area contributed by atoms with Crippen molar-refractivity contribution in [1.82, 2.24) is 10.2 Å². The van der Waals surface area contributed by atoms with Crippen molar-refractivity contribution >= 4 is 39.1 Å². The molecule has 0 saturated carbocycles. The molecule has 2 aromatic rings. The molecule has 9 heteroatoms. The molecule has 0 radical (unpaired) electrons. The number of anilines is 1. The van der Waals surface area contributed by atoms with Crippen LogP contribution in [0.1, 0.15) is 38.3 Å². The van der Waals surface area contributed by atoms with Crippen molar-refractivity contribution in [2.45, 2.75) is 46.7 Å². The van der Waals surface area contributed by atoms with E-state index >= 15 is 0 Å². The summed E-state index contributed by atoms with van der Waals surface area (Å²) >= 11 is 6.35. The Morgan fingerprint density at radius 1 is 1.06 bits per heavy atom. The number of aryl methyl sites for hydroxylation is 1. The van der Waals surface area contributed by atoms with Crippen LogP contribution in [0.25, 0.3) is 0 Å². The first-order chi connectivity index (χ1) is 16.0. The third-order valence-electron chi connectivity index (χ3n) is 5.43. The number of carbonyl (C=O) groups excluding carboxylic acids is 2. The van der Waals surface area contributed by atoms with E-state index in [1.54, 1.807) is 55.5 Å². The highest BCUT2D eigenvalue weighted by molar-refractivity contribution is 7.92. The van der Waals surface area contributed by atoms with Gasteiger partial charge in [-0.1, -0.05) is 68.8 Å². The lowest BCUT2D eigenvalue weighted by molar-refractivity contribution is -0.140. The average molecular weight is 508 g/mol. The summed E-state index contributed by atoms with van der Waals surface area (Å²) in [5.74, 6) is -0.519. The number of nitrogens with zero attached hydrogens (tertiary/aromatic N) is 2. The molecule has 0 aliphatic rings. The van der Waals surface area contributed by atoms with Crippen LogP contribution >= 0.6 is 11.6 Å². The van der Waals surface area contributed by atoms with Gasteiger partial charge >= 0.3 is 0 Å². The van der Waals surface area contributed by atoms with Crippen LogP contribution in [-0.4, -0.2) is 50.5 Å². The summed E-state index contributed by atoms with van der Waals surface area (Å²) in [6, 6.07) is 13.3.